The van der Waals surface area contributed by atoms with Crippen LogP contribution in [-0.2, 0) is 10.8 Å². The van der Waals surface area contributed by atoms with Gasteiger partial charge in [-0.3, -0.25) is 4.21 Å². The minimum absolute atomic E-state index is 0.419. The van der Waals surface area contributed by atoms with Gasteiger partial charge in [-0.25, -0.2) is 0 Å². The second kappa shape index (κ2) is 4.99. The van der Waals surface area contributed by atoms with Gasteiger partial charge in [0.15, 0.2) is 0 Å². The second-order valence-electron chi connectivity index (χ2n) is 3.75. The summed E-state index contributed by atoms with van der Waals surface area (Å²) in [5, 5.41) is 4.16. The molecule has 0 bridgehead atoms. The summed E-state index contributed by atoms with van der Waals surface area (Å²) in [6, 6.07) is 8.17. The lowest BCUT2D eigenvalue weighted by Crippen LogP contribution is -2.29. The molecule has 4 heteroatoms. The number of hydrogen-bond donors (Lipinski definition) is 1. The van der Waals surface area contributed by atoms with Gasteiger partial charge in [-0.15, -0.1) is 0 Å². The molecule has 1 aliphatic heterocycles. The van der Waals surface area contributed by atoms with Gasteiger partial charge in [-0.2, -0.15) is 0 Å². The van der Waals surface area contributed by atoms with Crippen LogP contribution in [-0.4, -0.2) is 21.8 Å². The van der Waals surface area contributed by atoms with Crippen LogP contribution in [0.15, 0.2) is 24.3 Å². The Balaban J connectivity index is 1.97. The summed E-state index contributed by atoms with van der Waals surface area (Å²) in [5.74, 6) is 1.62. The Bertz CT molecular complexity index is 359. The van der Waals surface area contributed by atoms with Crippen molar-refractivity contribution >= 4 is 28.1 Å². The molecule has 1 saturated heterocycles. The molecular formula is C11H14ClNOS. The number of para-hydroxylation sites is 1. The van der Waals surface area contributed by atoms with E-state index < -0.39 is 10.8 Å². The van der Waals surface area contributed by atoms with E-state index in [9.17, 15) is 4.21 Å². The van der Waals surface area contributed by atoms with Crippen LogP contribution in [0.1, 0.15) is 12.8 Å². The number of benzene rings is 1. The molecule has 1 aromatic rings. The molecule has 1 N–H and O–H groups in total. The molecule has 0 aliphatic carbocycles. The smallest absolute Gasteiger partial charge is 0.0637 e. The average molecular weight is 244 g/mol. The van der Waals surface area contributed by atoms with E-state index >= 15 is 0 Å². The van der Waals surface area contributed by atoms with Crippen molar-refractivity contribution in [2.45, 2.75) is 18.9 Å². The van der Waals surface area contributed by atoms with Crippen molar-refractivity contribution in [1.82, 2.24) is 0 Å². The maximum Gasteiger partial charge on any atom is 0.0637 e. The van der Waals surface area contributed by atoms with Crippen LogP contribution in [0.5, 0.6) is 0 Å². The van der Waals surface area contributed by atoms with Gasteiger partial charge >= 0.3 is 0 Å². The van der Waals surface area contributed by atoms with Crippen LogP contribution in [0.4, 0.5) is 5.69 Å². The minimum atomic E-state index is -0.597. The molecular weight excluding hydrogens is 230 g/mol. The van der Waals surface area contributed by atoms with Crippen molar-refractivity contribution in [2.75, 3.05) is 16.8 Å². The zero-order chi connectivity index (χ0) is 10.7. The number of rotatable bonds is 2. The number of halogens is 1. The van der Waals surface area contributed by atoms with Crippen molar-refractivity contribution in [2.24, 2.45) is 0 Å². The SMILES string of the molecule is O=S1CCC(Nc2ccccc2Cl)CC1. The Morgan fingerprint density at radius 3 is 2.60 bits per heavy atom. The van der Waals surface area contributed by atoms with Gasteiger partial charge in [0.05, 0.1) is 10.7 Å². The van der Waals surface area contributed by atoms with E-state index in [-0.39, 0.29) is 0 Å². The van der Waals surface area contributed by atoms with Gasteiger partial charge in [0, 0.05) is 28.3 Å². The summed E-state index contributed by atoms with van der Waals surface area (Å²) in [7, 11) is -0.597. The van der Waals surface area contributed by atoms with Gasteiger partial charge in [0.1, 0.15) is 0 Å². The predicted molar refractivity (Wildman–Crippen MR) is 66.0 cm³/mol. The normalized spacial score (nSPS) is 26.2. The topological polar surface area (TPSA) is 29.1 Å². The van der Waals surface area contributed by atoms with Crippen molar-refractivity contribution in [3.05, 3.63) is 29.3 Å². The maximum atomic E-state index is 11.2. The van der Waals surface area contributed by atoms with Crippen LogP contribution in [0.3, 0.4) is 0 Å². The molecule has 15 heavy (non-hydrogen) atoms. The van der Waals surface area contributed by atoms with E-state index in [1.807, 2.05) is 24.3 Å². The number of hydrogen-bond acceptors (Lipinski definition) is 2. The molecule has 82 valence electrons. The highest BCUT2D eigenvalue weighted by atomic mass is 35.5. The molecule has 0 unspecified atom stereocenters. The maximum absolute atomic E-state index is 11.2. The van der Waals surface area contributed by atoms with Crippen molar-refractivity contribution in [3.8, 4) is 0 Å². The van der Waals surface area contributed by atoms with Crippen LogP contribution < -0.4 is 5.32 Å². The quantitative estimate of drug-likeness (QED) is 0.865. The van der Waals surface area contributed by atoms with Gasteiger partial charge in [-0.1, -0.05) is 23.7 Å². The fraction of sp³-hybridized carbons (Fsp3) is 0.455. The zero-order valence-electron chi connectivity index (χ0n) is 8.41. The Kier molecular flexibility index (Phi) is 3.65. The van der Waals surface area contributed by atoms with E-state index in [1.165, 1.54) is 0 Å². The van der Waals surface area contributed by atoms with E-state index in [4.69, 9.17) is 11.6 Å². The Morgan fingerprint density at radius 1 is 1.27 bits per heavy atom. The summed E-state index contributed by atoms with van der Waals surface area (Å²) >= 11 is 6.05. The average Bonchev–Trinajstić information content (AvgIpc) is 2.25. The van der Waals surface area contributed by atoms with Crippen LogP contribution >= 0.6 is 11.6 Å². The Morgan fingerprint density at radius 2 is 1.93 bits per heavy atom. The van der Waals surface area contributed by atoms with Gasteiger partial charge in [-0.05, 0) is 25.0 Å². The van der Waals surface area contributed by atoms with Crippen LogP contribution in [0.2, 0.25) is 5.02 Å². The van der Waals surface area contributed by atoms with Gasteiger partial charge in [0.2, 0.25) is 0 Å². The zero-order valence-corrected chi connectivity index (χ0v) is 9.98. The molecule has 0 spiro atoms. The molecule has 1 fully saturated rings. The molecule has 0 radical (unpaired) electrons. The highest BCUT2D eigenvalue weighted by Gasteiger charge is 2.17. The van der Waals surface area contributed by atoms with E-state index in [0.29, 0.717) is 6.04 Å². The third-order valence-corrected chi connectivity index (χ3v) is 4.33. The molecule has 0 saturated carbocycles. The lowest BCUT2D eigenvalue weighted by atomic mass is 10.1. The summed E-state index contributed by atoms with van der Waals surface area (Å²) in [5.41, 5.74) is 0.983. The fourth-order valence-electron chi connectivity index (χ4n) is 1.74. The van der Waals surface area contributed by atoms with Crippen molar-refractivity contribution < 1.29 is 4.21 Å². The first kappa shape index (κ1) is 11.0. The van der Waals surface area contributed by atoms with E-state index in [0.717, 1.165) is 35.1 Å². The number of nitrogens with one attached hydrogen (secondary N) is 1. The van der Waals surface area contributed by atoms with Crippen molar-refractivity contribution in [3.63, 3.8) is 0 Å². The summed E-state index contributed by atoms with van der Waals surface area (Å²) in [4.78, 5) is 0. The first-order valence-corrected chi connectivity index (χ1v) is 6.98. The molecule has 2 nitrogen and oxygen atoms in total. The number of anilines is 1. The fourth-order valence-corrected chi connectivity index (χ4v) is 3.23. The summed E-state index contributed by atoms with van der Waals surface area (Å²) in [6.07, 6.45) is 1.94. The Hall–Kier alpha value is -0.540. The molecule has 1 aromatic carbocycles. The summed E-state index contributed by atoms with van der Waals surface area (Å²) < 4.78 is 11.2. The lowest BCUT2D eigenvalue weighted by molar-refractivity contribution is 0.624. The highest BCUT2D eigenvalue weighted by Crippen LogP contribution is 2.23. The van der Waals surface area contributed by atoms with Crippen molar-refractivity contribution in [1.29, 1.82) is 0 Å². The molecule has 1 heterocycles. The minimum Gasteiger partial charge on any atom is -0.381 e. The van der Waals surface area contributed by atoms with Gasteiger partial charge < -0.3 is 5.32 Å². The third kappa shape index (κ3) is 2.95. The summed E-state index contributed by atoms with van der Waals surface area (Å²) in [6.45, 7) is 0. The monoisotopic (exact) mass is 243 g/mol. The lowest BCUT2D eigenvalue weighted by Gasteiger charge is -2.24. The van der Waals surface area contributed by atoms with Gasteiger partial charge in [0.25, 0.3) is 0 Å². The molecule has 2 rings (SSSR count). The van der Waals surface area contributed by atoms with Crippen LogP contribution in [0.25, 0.3) is 0 Å². The largest absolute Gasteiger partial charge is 0.381 e. The molecule has 1 aliphatic rings. The first-order chi connectivity index (χ1) is 7.25. The van der Waals surface area contributed by atoms with E-state index in [1.54, 1.807) is 0 Å². The standard InChI is InChI=1S/C11H14ClNOS/c12-10-3-1-2-4-11(10)13-9-5-7-15(14)8-6-9/h1-4,9,13H,5-8H2. The predicted octanol–water partition coefficient (Wildman–Crippen LogP) is 2.66. The second-order valence-corrected chi connectivity index (χ2v) is 5.85. The van der Waals surface area contributed by atoms with E-state index in [2.05, 4.69) is 5.32 Å². The highest BCUT2D eigenvalue weighted by molar-refractivity contribution is 7.85. The molecule has 0 amide bonds. The third-order valence-electron chi connectivity index (χ3n) is 2.62. The van der Waals surface area contributed by atoms with Crippen LogP contribution in [0, 0.1) is 0 Å². The molecule has 0 atom stereocenters. The first-order valence-electron chi connectivity index (χ1n) is 5.12. The Labute approximate surface area is 97.5 Å². The molecule has 0 aromatic heterocycles.